The monoisotopic (exact) mass is 212 g/mol. The number of hydrogen-bond donors (Lipinski definition) is 1. The Morgan fingerprint density at radius 3 is 2.87 bits per heavy atom. The van der Waals surface area contributed by atoms with E-state index in [0.29, 0.717) is 6.04 Å². The molecule has 2 saturated heterocycles. The summed E-state index contributed by atoms with van der Waals surface area (Å²) in [7, 11) is 0. The molecule has 0 amide bonds. The zero-order valence-electron chi connectivity index (χ0n) is 9.87. The molecule has 1 N–H and O–H groups in total. The molecule has 0 spiro atoms. The third-order valence-corrected chi connectivity index (χ3v) is 3.79. The van der Waals surface area contributed by atoms with Crippen molar-refractivity contribution in [3.63, 3.8) is 0 Å². The zero-order chi connectivity index (χ0) is 10.5. The maximum atomic E-state index is 5.45. The Morgan fingerprint density at radius 1 is 1.33 bits per heavy atom. The summed E-state index contributed by atoms with van der Waals surface area (Å²) in [5.41, 5.74) is 0. The summed E-state index contributed by atoms with van der Waals surface area (Å²) in [5.74, 6) is 0.960. The van der Waals surface area contributed by atoms with Crippen LogP contribution in [0, 0.1) is 5.92 Å². The highest BCUT2D eigenvalue weighted by Crippen LogP contribution is 2.17. The normalized spacial score (nSPS) is 30.6. The predicted octanol–water partition coefficient (Wildman–Crippen LogP) is 1.10. The number of ether oxygens (including phenoxy) is 1. The van der Waals surface area contributed by atoms with Gasteiger partial charge in [0.05, 0.1) is 13.2 Å². The van der Waals surface area contributed by atoms with Gasteiger partial charge in [0.2, 0.25) is 0 Å². The fourth-order valence-electron chi connectivity index (χ4n) is 2.61. The van der Waals surface area contributed by atoms with Gasteiger partial charge in [-0.1, -0.05) is 0 Å². The Kier molecular flexibility index (Phi) is 4.42. The molecule has 15 heavy (non-hydrogen) atoms. The molecule has 88 valence electrons. The maximum absolute atomic E-state index is 5.45. The lowest BCUT2D eigenvalue weighted by atomic mass is 9.94. The second-order valence-electron chi connectivity index (χ2n) is 4.94. The van der Waals surface area contributed by atoms with Crippen LogP contribution in [0.3, 0.4) is 0 Å². The highest BCUT2D eigenvalue weighted by atomic mass is 16.5. The minimum Gasteiger partial charge on any atom is -0.379 e. The second kappa shape index (κ2) is 5.83. The van der Waals surface area contributed by atoms with Crippen LogP contribution in [-0.2, 0) is 4.74 Å². The molecule has 0 aromatic carbocycles. The summed E-state index contributed by atoms with van der Waals surface area (Å²) in [4.78, 5) is 2.59. The average molecular weight is 212 g/mol. The van der Waals surface area contributed by atoms with Crippen molar-refractivity contribution < 1.29 is 4.74 Å². The third kappa shape index (κ3) is 3.44. The van der Waals surface area contributed by atoms with Crippen LogP contribution in [0.5, 0.6) is 0 Å². The van der Waals surface area contributed by atoms with E-state index in [1.807, 2.05) is 0 Å². The molecule has 0 radical (unpaired) electrons. The minimum absolute atomic E-state index is 0.625. The molecule has 3 heteroatoms. The van der Waals surface area contributed by atoms with E-state index in [1.54, 1.807) is 0 Å². The largest absolute Gasteiger partial charge is 0.379 e. The molecule has 2 rings (SSSR count). The molecule has 0 aliphatic carbocycles. The highest BCUT2D eigenvalue weighted by Gasteiger charge is 2.20. The van der Waals surface area contributed by atoms with Gasteiger partial charge in [-0.2, -0.15) is 0 Å². The predicted molar refractivity (Wildman–Crippen MR) is 62.1 cm³/mol. The van der Waals surface area contributed by atoms with Gasteiger partial charge in [-0.25, -0.2) is 0 Å². The van der Waals surface area contributed by atoms with E-state index in [2.05, 4.69) is 17.1 Å². The number of rotatable bonds is 3. The first-order valence-corrected chi connectivity index (χ1v) is 6.39. The molecule has 2 fully saturated rings. The van der Waals surface area contributed by atoms with E-state index in [-0.39, 0.29) is 0 Å². The molecule has 0 bridgehead atoms. The van der Waals surface area contributed by atoms with Gasteiger partial charge < -0.3 is 10.1 Å². The van der Waals surface area contributed by atoms with Crippen molar-refractivity contribution in [3.05, 3.63) is 0 Å². The summed E-state index contributed by atoms with van der Waals surface area (Å²) in [5, 5.41) is 3.43. The standard InChI is InChI=1S/C12H24N2O/c1-11-10-15-9-8-14(11)7-4-12-2-5-13-6-3-12/h11-13H,2-10H2,1H3. The lowest BCUT2D eigenvalue weighted by Crippen LogP contribution is -2.44. The Hall–Kier alpha value is -0.120. The van der Waals surface area contributed by atoms with E-state index >= 15 is 0 Å². The Balaban J connectivity index is 1.67. The number of morpholine rings is 1. The van der Waals surface area contributed by atoms with Crippen molar-refractivity contribution in [1.82, 2.24) is 10.2 Å². The molecular weight excluding hydrogens is 188 g/mol. The van der Waals surface area contributed by atoms with E-state index in [1.165, 1.54) is 38.9 Å². The van der Waals surface area contributed by atoms with Crippen LogP contribution in [0.4, 0.5) is 0 Å². The van der Waals surface area contributed by atoms with Gasteiger partial charge in [0, 0.05) is 12.6 Å². The van der Waals surface area contributed by atoms with Crippen LogP contribution >= 0.6 is 0 Å². The molecule has 3 nitrogen and oxygen atoms in total. The van der Waals surface area contributed by atoms with Crippen LogP contribution in [0.1, 0.15) is 26.2 Å². The lowest BCUT2D eigenvalue weighted by molar-refractivity contribution is -0.00303. The van der Waals surface area contributed by atoms with E-state index in [9.17, 15) is 0 Å². The summed E-state index contributed by atoms with van der Waals surface area (Å²) in [6.45, 7) is 8.98. The molecule has 0 saturated carbocycles. The SMILES string of the molecule is CC1COCCN1CCC1CCNCC1. The van der Waals surface area contributed by atoms with Gasteiger partial charge in [-0.15, -0.1) is 0 Å². The quantitative estimate of drug-likeness (QED) is 0.758. The molecule has 0 aromatic rings. The second-order valence-corrected chi connectivity index (χ2v) is 4.94. The summed E-state index contributed by atoms with van der Waals surface area (Å²) >= 11 is 0. The number of hydrogen-bond acceptors (Lipinski definition) is 3. The van der Waals surface area contributed by atoms with Crippen LogP contribution in [0.15, 0.2) is 0 Å². The van der Waals surface area contributed by atoms with Gasteiger partial charge in [-0.05, 0) is 51.7 Å². The van der Waals surface area contributed by atoms with E-state index < -0.39 is 0 Å². The Morgan fingerprint density at radius 2 is 2.13 bits per heavy atom. The first-order valence-electron chi connectivity index (χ1n) is 6.39. The van der Waals surface area contributed by atoms with Gasteiger partial charge >= 0.3 is 0 Å². The van der Waals surface area contributed by atoms with E-state index in [4.69, 9.17) is 4.74 Å². The van der Waals surface area contributed by atoms with Gasteiger partial charge in [0.15, 0.2) is 0 Å². The van der Waals surface area contributed by atoms with Crippen LogP contribution < -0.4 is 5.32 Å². The molecular formula is C12H24N2O. The molecule has 2 aliphatic heterocycles. The van der Waals surface area contributed by atoms with Crippen LogP contribution in [0.25, 0.3) is 0 Å². The third-order valence-electron chi connectivity index (χ3n) is 3.79. The fourth-order valence-corrected chi connectivity index (χ4v) is 2.61. The number of nitrogens with zero attached hydrogens (tertiary/aromatic N) is 1. The molecule has 2 aliphatic rings. The lowest BCUT2D eigenvalue weighted by Gasteiger charge is -2.34. The summed E-state index contributed by atoms with van der Waals surface area (Å²) in [6, 6.07) is 0.625. The Labute approximate surface area is 93.2 Å². The number of nitrogens with one attached hydrogen (secondary N) is 1. The van der Waals surface area contributed by atoms with Crippen LogP contribution in [-0.4, -0.2) is 50.3 Å². The smallest absolute Gasteiger partial charge is 0.0619 e. The molecule has 1 unspecified atom stereocenters. The summed E-state index contributed by atoms with van der Waals surface area (Å²) < 4.78 is 5.45. The van der Waals surface area contributed by atoms with Crippen LogP contribution in [0.2, 0.25) is 0 Å². The number of piperidine rings is 1. The molecule has 2 heterocycles. The van der Waals surface area contributed by atoms with E-state index in [0.717, 1.165) is 25.7 Å². The van der Waals surface area contributed by atoms with Crippen molar-refractivity contribution in [2.24, 2.45) is 5.92 Å². The maximum Gasteiger partial charge on any atom is 0.0619 e. The summed E-state index contributed by atoms with van der Waals surface area (Å²) in [6.07, 6.45) is 4.13. The van der Waals surface area contributed by atoms with Crippen molar-refractivity contribution >= 4 is 0 Å². The van der Waals surface area contributed by atoms with Gasteiger partial charge in [0.25, 0.3) is 0 Å². The minimum atomic E-state index is 0.625. The highest BCUT2D eigenvalue weighted by molar-refractivity contribution is 4.74. The zero-order valence-corrected chi connectivity index (χ0v) is 9.87. The van der Waals surface area contributed by atoms with Crippen molar-refractivity contribution in [3.8, 4) is 0 Å². The molecule has 1 atom stereocenters. The topological polar surface area (TPSA) is 24.5 Å². The van der Waals surface area contributed by atoms with Crippen molar-refractivity contribution in [2.75, 3.05) is 39.4 Å². The fraction of sp³-hybridized carbons (Fsp3) is 1.00. The van der Waals surface area contributed by atoms with Crippen molar-refractivity contribution in [2.45, 2.75) is 32.2 Å². The van der Waals surface area contributed by atoms with Gasteiger partial charge in [-0.3, -0.25) is 4.90 Å². The van der Waals surface area contributed by atoms with Crippen molar-refractivity contribution in [1.29, 1.82) is 0 Å². The first-order chi connectivity index (χ1) is 7.36. The Bertz CT molecular complexity index is 180. The molecule has 0 aromatic heterocycles. The first kappa shape index (κ1) is 11.4. The average Bonchev–Trinajstić information content (AvgIpc) is 2.29. The van der Waals surface area contributed by atoms with Gasteiger partial charge in [0.1, 0.15) is 0 Å².